The lowest BCUT2D eigenvalue weighted by Crippen LogP contribution is -2.23. The molecule has 28 heavy (non-hydrogen) atoms. The minimum absolute atomic E-state index is 0.0457. The summed E-state index contributed by atoms with van der Waals surface area (Å²) in [6, 6.07) is 18.6. The van der Waals surface area contributed by atoms with Crippen molar-refractivity contribution in [3.05, 3.63) is 82.9 Å². The summed E-state index contributed by atoms with van der Waals surface area (Å²) in [5.41, 5.74) is 3.94. The number of fused-ring (bicyclic) bond motifs is 1. The third kappa shape index (κ3) is 3.98. The lowest BCUT2D eigenvalue weighted by atomic mass is 10.1. The smallest absolute Gasteiger partial charge is 0.220 e. The molecule has 0 saturated heterocycles. The molecule has 5 heteroatoms. The zero-order chi connectivity index (χ0) is 19.3. The van der Waals surface area contributed by atoms with Crippen molar-refractivity contribution in [1.29, 1.82) is 0 Å². The number of hydrogen-bond acceptors (Lipinski definition) is 3. The minimum atomic E-state index is 0.0457. The van der Waals surface area contributed by atoms with E-state index in [2.05, 4.69) is 51.3 Å². The van der Waals surface area contributed by atoms with Crippen molar-refractivity contribution in [2.45, 2.75) is 51.6 Å². The third-order valence-electron chi connectivity index (χ3n) is 5.50. The number of aromatic nitrogens is 3. The Labute approximate surface area is 165 Å². The summed E-state index contributed by atoms with van der Waals surface area (Å²) < 4.78 is 2.20. The van der Waals surface area contributed by atoms with Crippen LogP contribution in [0.4, 0.5) is 0 Å². The summed E-state index contributed by atoms with van der Waals surface area (Å²) in [7, 11) is 0. The monoisotopic (exact) mass is 374 g/mol. The predicted octanol–water partition coefficient (Wildman–Crippen LogP) is 3.43. The first kappa shape index (κ1) is 18.4. The highest BCUT2D eigenvalue weighted by atomic mass is 16.1. The molecule has 3 aromatic rings. The molecule has 1 aliphatic carbocycles. The summed E-state index contributed by atoms with van der Waals surface area (Å²) >= 11 is 0. The summed E-state index contributed by atoms with van der Waals surface area (Å²) in [4.78, 5) is 12.2. The minimum Gasteiger partial charge on any atom is -0.352 e. The molecular weight excluding hydrogens is 348 g/mol. The number of hydrogen-bond donors (Lipinski definition) is 1. The van der Waals surface area contributed by atoms with E-state index in [1.807, 2.05) is 30.3 Å². The van der Waals surface area contributed by atoms with Crippen LogP contribution in [-0.2, 0) is 37.1 Å². The molecular formula is C23H26N4O. The summed E-state index contributed by atoms with van der Waals surface area (Å²) in [6.07, 6.45) is 3.08. The highest BCUT2D eigenvalue weighted by Gasteiger charge is 2.27. The van der Waals surface area contributed by atoms with E-state index < -0.39 is 0 Å². The topological polar surface area (TPSA) is 59.8 Å². The van der Waals surface area contributed by atoms with Gasteiger partial charge in [0, 0.05) is 31.8 Å². The first-order valence-corrected chi connectivity index (χ1v) is 10.0. The van der Waals surface area contributed by atoms with Crippen molar-refractivity contribution in [2.24, 2.45) is 0 Å². The van der Waals surface area contributed by atoms with Gasteiger partial charge in [-0.2, -0.15) is 0 Å². The van der Waals surface area contributed by atoms with Gasteiger partial charge in [0.1, 0.15) is 11.6 Å². The van der Waals surface area contributed by atoms with E-state index in [-0.39, 0.29) is 5.91 Å². The van der Waals surface area contributed by atoms with E-state index in [9.17, 15) is 4.79 Å². The van der Waals surface area contributed by atoms with E-state index >= 15 is 0 Å². The number of benzene rings is 2. The molecule has 1 heterocycles. The van der Waals surface area contributed by atoms with Gasteiger partial charge in [-0.15, -0.1) is 10.2 Å². The average molecular weight is 374 g/mol. The van der Waals surface area contributed by atoms with Crippen LogP contribution >= 0.6 is 0 Å². The van der Waals surface area contributed by atoms with Crippen LogP contribution in [0.25, 0.3) is 0 Å². The summed E-state index contributed by atoms with van der Waals surface area (Å²) in [6.45, 7) is 3.51. The second kappa shape index (κ2) is 8.38. The molecule has 2 aromatic carbocycles. The first-order valence-electron chi connectivity index (χ1n) is 10.0. The Morgan fingerprint density at radius 2 is 1.71 bits per heavy atom. The van der Waals surface area contributed by atoms with Crippen molar-refractivity contribution in [1.82, 2.24) is 20.1 Å². The number of aryl methyl sites for hydroxylation is 1. The van der Waals surface area contributed by atoms with Gasteiger partial charge < -0.3 is 9.88 Å². The number of amides is 1. The molecule has 1 aliphatic rings. The molecule has 0 atom stereocenters. The van der Waals surface area contributed by atoms with Gasteiger partial charge in [-0.3, -0.25) is 4.79 Å². The van der Waals surface area contributed by atoms with E-state index in [0.29, 0.717) is 25.3 Å². The summed E-state index contributed by atoms with van der Waals surface area (Å²) in [5, 5.41) is 11.9. The Kier molecular flexibility index (Phi) is 5.51. The molecule has 0 bridgehead atoms. The normalized spacial score (nSPS) is 13.5. The van der Waals surface area contributed by atoms with Crippen LogP contribution in [0.3, 0.4) is 0 Å². The third-order valence-corrected chi connectivity index (χ3v) is 5.50. The van der Waals surface area contributed by atoms with Crippen LogP contribution < -0.4 is 5.32 Å². The molecule has 0 aliphatic heterocycles. The maximum Gasteiger partial charge on any atom is 0.220 e. The van der Waals surface area contributed by atoms with Crippen LogP contribution in [-0.4, -0.2) is 20.7 Å². The van der Waals surface area contributed by atoms with Crippen molar-refractivity contribution in [2.75, 3.05) is 0 Å². The van der Waals surface area contributed by atoms with Gasteiger partial charge in [-0.25, -0.2) is 0 Å². The van der Waals surface area contributed by atoms with Gasteiger partial charge in [0.2, 0.25) is 5.91 Å². The molecule has 144 valence electrons. The second-order valence-corrected chi connectivity index (χ2v) is 7.35. The highest BCUT2D eigenvalue weighted by molar-refractivity contribution is 5.76. The van der Waals surface area contributed by atoms with Crippen LogP contribution in [0.2, 0.25) is 0 Å². The van der Waals surface area contributed by atoms with Crippen molar-refractivity contribution in [3.63, 3.8) is 0 Å². The van der Waals surface area contributed by atoms with Crippen molar-refractivity contribution < 1.29 is 4.79 Å². The van der Waals surface area contributed by atoms with Crippen LogP contribution in [0.15, 0.2) is 54.6 Å². The molecule has 5 nitrogen and oxygen atoms in total. The van der Waals surface area contributed by atoms with E-state index in [4.69, 9.17) is 0 Å². The van der Waals surface area contributed by atoms with Crippen LogP contribution in [0.1, 0.15) is 47.6 Å². The van der Waals surface area contributed by atoms with Gasteiger partial charge in [0.15, 0.2) is 0 Å². The van der Waals surface area contributed by atoms with E-state index in [1.54, 1.807) is 0 Å². The lowest BCUT2D eigenvalue weighted by molar-refractivity contribution is -0.121. The Bertz CT molecular complexity index is 923. The predicted molar refractivity (Wildman–Crippen MR) is 109 cm³/mol. The quantitative estimate of drug-likeness (QED) is 0.689. The van der Waals surface area contributed by atoms with E-state index in [1.165, 1.54) is 11.1 Å². The van der Waals surface area contributed by atoms with Gasteiger partial charge in [0.25, 0.3) is 0 Å². The van der Waals surface area contributed by atoms with Crippen molar-refractivity contribution >= 4 is 5.91 Å². The van der Waals surface area contributed by atoms with Gasteiger partial charge in [-0.1, -0.05) is 54.6 Å². The zero-order valence-electron chi connectivity index (χ0n) is 16.3. The summed E-state index contributed by atoms with van der Waals surface area (Å²) in [5.74, 6) is 2.39. The molecule has 0 spiro atoms. The zero-order valence-corrected chi connectivity index (χ0v) is 16.3. The molecule has 1 N–H and O–H groups in total. The molecule has 0 fully saturated rings. The average Bonchev–Trinajstić information content (AvgIpc) is 3.34. The molecule has 0 unspecified atom stereocenters. The Balaban J connectivity index is 1.36. The Morgan fingerprint density at radius 3 is 2.39 bits per heavy atom. The lowest BCUT2D eigenvalue weighted by Gasteiger charge is -2.12. The fourth-order valence-corrected chi connectivity index (χ4v) is 4.03. The van der Waals surface area contributed by atoms with Gasteiger partial charge >= 0.3 is 0 Å². The van der Waals surface area contributed by atoms with Crippen molar-refractivity contribution in [3.8, 4) is 0 Å². The molecule has 0 radical (unpaired) electrons. The number of nitrogens with zero attached hydrogens (tertiary/aromatic N) is 3. The maximum absolute atomic E-state index is 12.2. The second-order valence-electron chi connectivity index (χ2n) is 7.35. The fourth-order valence-electron chi connectivity index (χ4n) is 4.03. The Hall–Kier alpha value is -2.95. The highest BCUT2D eigenvalue weighted by Crippen LogP contribution is 2.33. The van der Waals surface area contributed by atoms with Crippen LogP contribution in [0, 0.1) is 0 Å². The number of nitrogens with one attached hydrogen (secondary N) is 1. The Morgan fingerprint density at radius 1 is 1.04 bits per heavy atom. The van der Waals surface area contributed by atoms with Gasteiger partial charge in [-0.05, 0) is 36.5 Å². The van der Waals surface area contributed by atoms with E-state index in [0.717, 1.165) is 36.6 Å². The largest absolute Gasteiger partial charge is 0.352 e. The molecule has 1 amide bonds. The standard InChI is InChI=1S/C23H26N4O/c1-2-27-21(12-13-22(28)24-16-17-8-4-3-5-9-17)25-26-23(27)20-14-18-10-6-7-11-19(18)15-20/h3-11,20H,2,12-16H2,1H3,(H,24,28). The first-order chi connectivity index (χ1) is 13.7. The van der Waals surface area contributed by atoms with Gasteiger partial charge in [0.05, 0.1) is 0 Å². The van der Waals surface area contributed by atoms with Crippen LogP contribution in [0.5, 0.6) is 0 Å². The molecule has 4 rings (SSSR count). The molecule has 0 saturated carbocycles. The SMILES string of the molecule is CCn1c(CCC(=O)NCc2ccccc2)nnc1C1Cc2ccccc2C1. The number of rotatable bonds is 7. The number of carbonyl (C=O) groups excluding carboxylic acids is 1. The molecule has 1 aromatic heterocycles. The maximum atomic E-state index is 12.2. The number of carbonyl (C=O) groups is 1. The fraction of sp³-hybridized carbons (Fsp3) is 0.348.